The number of allylic oxidation sites excluding steroid dienone is 2. The van der Waals surface area contributed by atoms with Crippen LogP contribution in [-0.4, -0.2) is 16.1 Å². The van der Waals surface area contributed by atoms with Gasteiger partial charge in [0.1, 0.15) is 11.2 Å². The molecule has 3 saturated carbocycles. The SMILES string of the molecule is C[C@H]1[C@H](C)CC[C@]2(C(=O)O)CC[C@]3(C)C(=CC[C@@H]4[C@@]5(C)Cc6cc(C#N)c(Cl)nc6C(C)(C)[C@@H]5CC[C@]43C)[C@H]12. The monoisotopic (exact) mass is 548 g/mol. The maximum Gasteiger partial charge on any atom is 0.310 e. The first kappa shape index (κ1) is 27.3. The molecule has 0 saturated heterocycles. The summed E-state index contributed by atoms with van der Waals surface area (Å²) in [7, 11) is 0. The van der Waals surface area contributed by atoms with E-state index in [0.717, 1.165) is 57.1 Å². The summed E-state index contributed by atoms with van der Waals surface area (Å²) in [6, 6.07) is 4.27. The van der Waals surface area contributed by atoms with Gasteiger partial charge < -0.3 is 5.11 Å². The first-order valence-corrected chi connectivity index (χ1v) is 15.6. The molecule has 1 N–H and O–H groups in total. The van der Waals surface area contributed by atoms with E-state index in [1.165, 1.54) is 11.1 Å². The van der Waals surface area contributed by atoms with Gasteiger partial charge in [0.15, 0.2) is 0 Å². The smallest absolute Gasteiger partial charge is 0.310 e. The molecule has 5 aliphatic rings. The Kier molecular flexibility index (Phi) is 5.84. The molecule has 1 heterocycles. The van der Waals surface area contributed by atoms with Crippen LogP contribution < -0.4 is 0 Å². The Morgan fingerprint density at radius 3 is 2.46 bits per heavy atom. The summed E-state index contributed by atoms with van der Waals surface area (Å²) in [4.78, 5) is 17.8. The molecule has 1 aromatic rings. The van der Waals surface area contributed by atoms with Crippen LogP contribution in [-0.2, 0) is 16.6 Å². The van der Waals surface area contributed by atoms with Crippen molar-refractivity contribution in [3.63, 3.8) is 0 Å². The molecule has 5 aliphatic carbocycles. The average Bonchev–Trinajstić information content (AvgIpc) is 2.86. The maximum absolute atomic E-state index is 12.9. The number of carboxylic acid groups (broad SMARTS) is 1. The largest absolute Gasteiger partial charge is 0.481 e. The molecule has 39 heavy (non-hydrogen) atoms. The third-order valence-corrected chi connectivity index (χ3v) is 14.2. The van der Waals surface area contributed by atoms with E-state index in [0.29, 0.717) is 34.4 Å². The molecule has 6 rings (SSSR count). The molecule has 0 aliphatic heterocycles. The summed E-state index contributed by atoms with van der Waals surface area (Å²) in [5.41, 5.74) is 3.63. The number of nitriles is 1. The van der Waals surface area contributed by atoms with Crippen molar-refractivity contribution in [2.75, 3.05) is 0 Å². The summed E-state index contributed by atoms with van der Waals surface area (Å²) in [6.07, 6.45) is 10.4. The van der Waals surface area contributed by atoms with Crippen molar-refractivity contribution in [1.29, 1.82) is 5.26 Å². The van der Waals surface area contributed by atoms with Gasteiger partial charge in [-0.25, -0.2) is 4.98 Å². The third-order valence-electron chi connectivity index (χ3n) is 13.9. The van der Waals surface area contributed by atoms with E-state index in [4.69, 9.17) is 16.6 Å². The first-order chi connectivity index (χ1) is 18.2. The van der Waals surface area contributed by atoms with Crippen molar-refractivity contribution in [3.8, 4) is 6.07 Å². The van der Waals surface area contributed by atoms with E-state index >= 15 is 0 Å². The zero-order chi connectivity index (χ0) is 28.3. The molecule has 5 heteroatoms. The van der Waals surface area contributed by atoms with Crippen LogP contribution >= 0.6 is 11.6 Å². The van der Waals surface area contributed by atoms with E-state index in [9.17, 15) is 15.2 Å². The minimum absolute atomic E-state index is 0.000681. The lowest BCUT2D eigenvalue weighted by Crippen LogP contribution is -2.65. The number of rotatable bonds is 1. The first-order valence-electron chi connectivity index (χ1n) is 15.2. The number of pyridine rings is 1. The normalized spacial score (nSPS) is 45.8. The number of carbonyl (C=O) groups is 1. The molecule has 0 aromatic carbocycles. The van der Waals surface area contributed by atoms with E-state index in [2.05, 4.69) is 60.6 Å². The highest BCUT2D eigenvalue weighted by Gasteiger charge is 2.69. The number of nitrogens with zero attached hydrogens (tertiary/aromatic N) is 2. The standard InChI is InChI=1S/C34H45ClN2O2/c1-19-10-13-34(29(38)39)15-14-32(6)23(26(34)20(19)2)8-9-25-31(5)17-21-16-22(18-36)28(35)37-27(21)30(3,4)24(31)11-12-33(25,32)7/h8,16,19-20,24-26H,9-15,17H2,1-7H3,(H,38,39)/t19-,20+,24+,25-,26+,31+,32-,33-,34+/m1/s1. The fraction of sp³-hybridized carbons (Fsp3) is 0.735. The van der Waals surface area contributed by atoms with E-state index in [-0.39, 0.29) is 27.6 Å². The van der Waals surface area contributed by atoms with Crippen LogP contribution in [0.15, 0.2) is 17.7 Å². The lowest BCUT2D eigenvalue weighted by atomic mass is 9.33. The predicted molar refractivity (Wildman–Crippen MR) is 154 cm³/mol. The summed E-state index contributed by atoms with van der Waals surface area (Å²) in [6.45, 7) is 16.9. The molecule has 210 valence electrons. The molecule has 4 nitrogen and oxygen atoms in total. The molecule has 0 radical (unpaired) electrons. The van der Waals surface area contributed by atoms with Crippen molar-refractivity contribution < 1.29 is 9.90 Å². The summed E-state index contributed by atoms with van der Waals surface area (Å²) in [5.74, 6) is 1.46. The van der Waals surface area contributed by atoms with Crippen LogP contribution in [0, 0.1) is 62.6 Å². The van der Waals surface area contributed by atoms with Crippen LogP contribution in [0.1, 0.15) is 110 Å². The number of carboxylic acids is 1. The van der Waals surface area contributed by atoms with Crippen LogP contribution in [0.2, 0.25) is 5.15 Å². The number of aromatic nitrogens is 1. The van der Waals surface area contributed by atoms with Crippen molar-refractivity contribution in [1.82, 2.24) is 4.98 Å². The maximum atomic E-state index is 12.9. The average molecular weight is 549 g/mol. The molecule has 9 atom stereocenters. The third kappa shape index (κ3) is 3.23. The minimum Gasteiger partial charge on any atom is -0.481 e. The second kappa shape index (κ2) is 8.34. The zero-order valence-corrected chi connectivity index (χ0v) is 25.6. The number of hydrogen-bond acceptors (Lipinski definition) is 3. The molecular weight excluding hydrogens is 504 g/mol. The number of fused-ring (bicyclic) bond motifs is 8. The quantitative estimate of drug-likeness (QED) is 0.282. The summed E-state index contributed by atoms with van der Waals surface area (Å²) >= 11 is 6.45. The fourth-order valence-electron chi connectivity index (χ4n) is 11.5. The molecule has 0 spiro atoms. The topological polar surface area (TPSA) is 74.0 Å². The van der Waals surface area contributed by atoms with Gasteiger partial charge in [-0.15, -0.1) is 0 Å². The Balaban J connectivity index is 1.48. The predicted octanol–water partition coefficient (Wildman–Crippen LogP) is 8.36. The van der Waals surface area contributed by atoms with Crippen molar-refractivity contribution in [2.45, 2.75) is 105 Å². The number of hydrogen-bond donors (Lipinski definition) is 1. The molecule has 0 unspecified atom stereocenters. The van der Waals surface area contributed by atoms with Gasteiger partial charge in [0.05, 0.1) is 16.7 Å². The molecule has 1 aromatic heterocycles. The number of aliphatic carboxylic acids is 1. The molecule has 0 bridgehead atoms. The Labute approximate surface area is 239 Å². The highest BCUT2D eigenvalue weighted by atomic mass is 35.5. The van der Waals surface area contributed by atoms with Crippen LogP contribution in [0.5, 0.6) is 0 Å². The van der Waals surface area contributed by atoms with Gasteiger partial charge in [-0.1, -0.05) is 71.7 Å². The van der Waals surface area contributed by atoms with E-state index in [1.54, 1.807) is 0 Å². The van der Waals surface area contributed by atoms with Gasteiger partial charge in [-0.2, -0.15) is 5.26 Å². The lowest BCUT2D eigenvalue weighted by molar-refractivity contribution is -0.179. The van der Waals surface area contributed by atoms with Gasteiger partial charge in [-0.05, 0) is 109 Å². The van der Waals surface area contributed by atoms with Crippen LogP contribution in [0.3, 0.4) is 0 Å². The van der Waals surface area contributed by atoms with Gasteiger partial charge >= 0.3 is 5.97 Å². The second-order valence-electron chi connectivity index (χ2n) is 15.5. The second-order valence-corrected chi connectivity index (χ2v) is 15.8. The molecule has 3 fully saturated rings. The highest BCUT2D eigenvalue weighted by molar-refractivity contribution is 6.30. The van der Waals surface area contributed by atoms with Gasteiger partial charge in [0.25, 0.3) is 0 Å². The van der Waals surface area contributed by atoms with Crippen molar-refractivity contribution in [2.24, 2.45) is 51.2 Å². The van der Waals surface area contributed by atoms with Gasteiger partial charge in [-0.3, -0.25) is 4.79 Å². The summed E-state index contributed by atoms with van der Waals surface area (Å²) < 4.78 is 0. The van der Waals surface area contributed by atoms with E-state index in [1.807, 2.05) is 6.07 Å². The van der Waals surface area contributed by atoms with Crippen molar-refractivity contribution in [3.05, 3.63) is 39.7 Å². The number of halogens is 1. The van der Waals surface area contributed by atoms with Crippen LogP contribution in [0.4, 0.5) is 0 Å². The fourth-order valence-corrected chi connectivity index (χ4v) is 11.7. The summed E-state index contributed by atoms with van der Waals surface area (Å²) in [5, 5.41) is 20.7. The Morgan fingerprint density at radius 2 is 1.79 bits per heavy atom. The Bertz CT molecular complexity index is 1330. The van der Waals surface area contributed by atoms with Gasteiger partial charge in [0.2, 0.25) is 0 Å². The Hall–Kier alpha value is -1.86. The zero-order valence-electron chi connectivity index (χ0n) is 24.8. The highest BCUT2D eigenvalue weighted by Crippen LogP contribution is 2.75. The lowest BCUT2D eigenvalue weighted by Gasteiger charge is -2.70. The minimum atomic E-state index is -0.605. The van der Waals surface area contributed by atoms with Gasteiger partial charge in [0, 0.05) is 5.41 Å². The van der Waals surface area contributed by atoms with Crippen molar-refractivity contribution >= 4 is 17.6 Å². The molecular formula is C34H45ClN2O2. The Morgan fingerprint density at radius 1 is 1.08 bits per heavy atom. The molecule has 0 amide bonds. The van der Waals surface area contributed by atoms with E-state index < -0.39 is 11.4 Å². The van der Waals surface area contributed by atoms with Crippen LogP contribution in [0.25, 0.3) is 0 Å².